The fraction of sp³-hybridized carbons (Fsp3) is 0.346. The summed E-state index contributed by atoms with van der Waals surface area (Å²) in [6.07, 6.45) is 9.99. The van der Waals surface area contributed by atoms with Crippen LogP contribution in [0, 0.1) is 5.92 Å². The van der Waals surface area contributed by atoms with Gasteiger partial charge in [-0.05, 0) is 49.9 Å². The summed E-state index contributed by atoms with van der Waals surface area (Å²) in [6, 6.07) is 7.46. The van der Waals surface area contributed by atoms with Gasteiger partial charge in [0.05, 0.1) is 22.8 Å². The Morgan fingerprint density at radius 1 is 1.09 bits per heavy atom. The molecule has 0 spiro atoms. The Bertz CT molecular complexity index is 1390. The van der Waals surface area contributed by atoms with E-state index in [1.54, 1.807) is 29.9 Å². The molecule has 2 amide bonds. The molecular formula is C26H26N6O2S. The van der Waals surface area contributed by atoms with Gasteiger partial charge in [-0.25, -0.2) is 9.97 Å². The molecule has 1 saturated heterocycles. The number of pyridine rings is 1. The topological polar surface area (TPSA) is 93.0 Å². The number of amides is 2. The summed E-state index contributed by atoms with van der Waals surface area (Å²) < 4.78 is 1.98. The number of anilines is 1. The molecule has 9 heteroatoms. The standard InChI is InChI=1S/C26H26N6O2S/c1-31-22-19(29-23(31)16-7-9-27-10-8-16)14-18(15-20(22)30-24(33)17-4-2-5-17)26(34)32-12-3-6-21(32)25-28-11-13-35-25/h7-11,13-15,17,21H,2-6,12H2,1H3,(H,30,33). The van der Waals surface area contributed by atoms with Crippen molar-refractivity contribution in [3.8, 4) is 11.4 Å². The zero-order valence-corrected chi connectivity index (χ0v) is 20.3. The van der Waals surface area contributed by atoms with E-state index in [1.807, 2.05) is 46.2 Å². The van der Waals surface area contributed by atoms with Crippen molar-refractivity contribution >= 4 is 39.9 Å². The van der Waals surface area contributed by atoms with Crippen molar-refractivity contribution in [2.45, 2.75) is 38.1 Å². The van der Waals surface area contributed by atoms with Gasteiger partial charge in [0.25, 0.3) is 5.91 Å². The molecule has 1 aliphatic heterocycles. The van der Waals surface area contributed by atoms with Gasteiger partial charge in [0.15, 0.2) is 0 Å². The number of hydrogen-bond acceptors (Lipinski definition) is 6. The minimum absolute atomic E-state index is 0.00986. The fourth-order valence-electron chi connectivity index (χ4n) is 5.07. The summed E-state index contributed by atoms with van der Waals surface area (Å²) in [5.74, 6) is 0.744. The van der Waals surface area contributed by atoms with Gasteiger partial charge < -0.3 is 14.8 Å². The van der Waals surface area contributed by atoms with Crippen LogP contribution in [-0.4, -0.2) is 42.8 Å². The van der Waals surface area contributed by atoms with Crippen LogP contribution in [0.4, 0.5) is 5.69 Å². The molecule has 178 valence electrons. The number of aromatic nitrogens is 4. The van der Waals surface area contributed by atoms with Crippen LogP contribution < -0.4 is 5.32 Å². The lowest BCUT2D eigenvalue weighted by Crippen LogP contribution is -2.31. The molecule has 1 unspecified atom stereocenters. The molecule has 0 radical (unpaired) electrons. The lowest BCUT2D eigenvalue weighted by molar-refractivity contribution is -0.122. The highest BCUT2D eigenvalue weighted by Crippen LogP contribution is 2.37. The van der Waals surface area contributed by atoms with E-state index in [0.29, 0.717) is 23.3 Å². The number of aryl methyl sites for hydroxylation is 1. The molecule has 2 fully saturated rings. The van der Waals surface area contributed by atoms with Crippen LogP contribution in [0.5, 0.6) is 0 Å². The number of hydrogen-bond donors (Lipinski definition) is 1. The van der Waals surface area contributed by atoms with Crippen molar-refractivity contribution in [1.29, 1.82) is 0 Å². The Labute approximate surface area is 207 Å². The third-order valence-corrected chi connectivity index (χ3v) is 8.02. The highest BCUT2D eigenvalue weighted by atomic mass is 32.1. The first-order valence-corrected chi connectivity index (χ1v) is 12.9. The average molecular weight is 487 g/mol. The second-order valence-corrected chi connectivity index (χ2v) is 10.2. The third-order valence-electron chi connectivity index (χ3n) is 7.14. The molecule has 1 aliphatic carbocycles. The van der Waals surface area contributed by atoms with Crippen LogP contribution in [0.25, 0.3) is 22.4 Å². The first kappa shape index (κ1) is 21.9. The second-order valence-electron chi connectivity index (χ2n) is 9.27. The first-order valence-electron chi connectivity index (χ1n) is 12.0. The largest absolute Gasteiger partial charge is 0.329 e. The number of nitrogens with one attached hydrogen (secondary N) is 1. The SMILES string of the molecule is Cn1c(-c2ccncc2)nc2cc(C(=O)N3CCCC3c3nccs3)cc(NC(=O)C3CCC3)c21. The summed E-state index contributed by atoms with van der Waals surface area (Å²) in [5, 5.41) is 6.04. The Balaban J connectivity index is 1.43. The highest BCUT2D eigenvalue weighted by Gasteiger charge is 2.33. The Morgan fingerprint density at radius 3 is 2.63 bits per heavy atom. The van der Waals surface area contributed by atoms with Crippen molar-refractivity contribution < 1.29 is 9.59 Å². The number of benzene rings is 1. The molecule has 1 aromatic carbocycles. The van der Waals surface area contributed by atoms with Crippen LogP contribution in [0.3, 0.4) is 0 Å². The van der Waals surface area contributed by atoms with Gasteiger partial charge in [-0.15, -0.1) is 11.3 Å². The van der Waals surface area contributed by atoms with Gasteiger partial charge in [-0.1, -0.05) is 6.42 Å². The van der Waals surface area contributed by atoms with Crippen LogP contribution in [0.15, 0.2) is 48.2 Å². The van der Waals surface area contributed by atoms with Crippen molar-refractivity contribution in [1.82, 2.24) is 24.4 Å². The number of carbonyl (C=O) groups excluding carboxylic acids is 2. The lowest BCUT2D eigenvalue weighted by atomic mass is 9.85. The maximum Gasteiger partial charge on any atom is 0.254 e. The van der Waals surface area contributed by atoms with Gasteiger partial charge in [0, 0.05) is 54.6 Å². The van der Waals surface area contributed by atoms with Gasteiger partial charge in [0.2, 0.25) is 5.91 Å². The first-order chi connectivity index (χ1) is 17.1. The molecule has 1 N–H and O–H groups in total. The molecule has 4 aromatic rings. The minimum Gasteiger partial charge on any atom is -0.329 e. The number of thiazole rings is 1. The summed E-state index contributed by atoms with van der Waals surface area (Å²) in [6.45, 7) is 0.690. The molecule has 8 nitrogen and oxygen atoms in total. The normalized spacial score (nSPS) is 18.1. The molecule has 1 saturated carbocycles. The van der Waals surface area contributed by atoms with E-state index in [2.05, 4.69) is 15.3 Å². The highest BCUT2D eigenvalue weighted by molar-refractivity contribution is 7.09. The third kappa shape index (κ3) is 3.89. The number of carbonyl (C=O) groups is 2. The maximum atomic E-state index is 13.7. The van der Waals surface area contributed by atoms with Crippen molar-refractivity contribution in [2.75, 3.05) is 11.9 Å². The molecule has 1 atom stereocenters. The molecule has 3 aromatic heterocycles. The molecule has 0 bridgehead atoms. The van der Waals surface area contributed by atoms with Crippen LogP contribution in [0.1, 0.15) is 53.5 Å². The summed E-state index contributed by atoms with van der Waals surface area (Å²) >= 11 is 1.58. The Kier molecular flexibility index (Phi) is 5.56. The minimum atomic E-state index is -0.0557. The number of imidazole rings is 1. The lowest BCUT2D eigenvalue weighted by Gasteiger charge is -2.25. The number of nitrogens with zero attached hydrogens (tertiary/aromatic N) is 5. The summed E-state index contributed by atoms with van der Waals surface area (Å²) in [5.41, 5.74) is 3.57. The molecule has 6 rings (SSSR count). The fourth-order valence-corrected chi connectivity index (χ4v) is 5.85. The molecule has 2 aliphatic rings. The van der Waals surface area contributed by atoms with Crippen molar-refractivity contribution in [2.24, 2.45) is 13.0 Å². The molecule has 4 heterocycles. The van der Waals surface area contributed by atoms with Crippen LogP contribution >= 0.6 is 11.3 Å². The van der Waals surface area contributed by atoms with Gasteiger partial charge >= 0.3 is 0 Å². The van der Waals surface area contributed by atoms with Crippen LogP contribution in [0.2, 0.25) is 0 Å². The zero-order valence-electron chi connectivity index (χ0n) is 19.5. The smallest absolute Gasteiger partial charge is 0.254 e. The van der Waals surface area contributed by atoms with E-state index >= 15 is 0 Å². The average Bonchev–Trinajstić information content (AvgIpc) is 3.58. The van der Waals surface area contributed by atoms with E-state index in [1.165, 1.54) is 0 Å². The second kappa shape index (κ2) is 8.88. The zero-order chi connectivity index (χ0) is 23.9. The van der Waals surface area contributed by atoms with E-state index in [0.717, 1.165) is 54.0 Å². The number of likely N-dealkylation sites (tertiary alicyclic amines) is 1. The van der Waals surface area contributed by atoms with E-state index in [9.17, 15) is 9.59 Å². The van der Waals surface area contributed by atoms with Crippen LogP contribution in [-0.2, 0) is 11.8 Å². The van der Waals surface area contributed by atoms with Gasteiger partial charge in [-0.2, -0.15) is 0 Å². The number of fused-ring (bicyclic) bond motifs is 1. The maximum absolute atomic E-state index is 13.7. The predicted octanol–water partition coefficient (Wildman–Crippen LogP) is 4.81. The van der Waals surface area contributed by atoms with Gasteiger partial charge in [0.1, 0.15) is 10.8 Å². The van der Waals surface area contributed by atoms with Gasteiger partial charge in [-0.3, -0.25) is 14.6 Å². The van der Waals surface area contributed by atoms with Crippen molar-refractivity contribution in [3.05, 3.63) is 58.8 Å². The summed E-state index contributed by atoms with van der Waals surface area (Å²) in [4.78, 5) is 42.0. The van der Waals surface area contributed by atoms with E-state index in [4.69, 9.17) is 4.98 Å². The quantitative estimate of drug-likeness (QED) is 0.437. The Morgan fingerprint density at radius 2 is 1.91 bits per heavy atom. The van der Waals surface area contributed by atoms with Crippen molar-refractivity contribution in [3.63, 3.8) is 0 Å². The summed E-state index contributed by atoms with van der Waals surface area (Å²) in [7, 11) is 1.94. The van der Waals surface area contributed by atoms with E-state index in [-0.39, 0.29) is 23.8 Å². The number of rotatable bonds is 5. The predicted molar refractivity (Wildman–Crippen MR) is 135 cm³/mol. The monoisotopic (exact) mass is 486 g/mol. The molecular weight excluding hydrogens is 460 g/mol. The van der Waals surface area contributed by atoms with E-state index < -0.39 is 0 Å². The Hall–Kier alpha value is -3.59. The molecule has 35 heavy (non-hydrogen) atoms.